The molecule has 1 amide bonds. The van der Waals surface area contributed by atoms with Crippen LogP contribution in [0.15, 0.2) is 0 Å². The molecule has 4 heteroatoms. The highest BCUT2D eigenvalue weighted by Gasteiger charge is 2.30. The fourth-order valence-electron chi connectivity index (χ4n) is 2.40. The topological polar surface area (TPSA) is 55.4 Å². The Morgan fingerprint density at radius 3 is 2.62 bits per heavy atom. The molecular weight excluding hydrogens is 206 g/mol. The lowest BCUT2D eigenvalue weighted by atomic mass is 9.93. The van der Waals surface area contributed by atoms with Gasteiger partial charge in [-0.3, -0.25) is 9.59 Å². The monoisotopic (exact) mass is 225 g/mol. The van der Waals surface area contributed by atoms with Gasteiger partial charge in [0.15, 0.2) is 0 Å². The first-order valence-corrected chi connectivity index (χ1v) is 6.09. The van der Waals surface area contributed by atoms with Gasteiger partial charge in [0.2, 0.25) is 5.91 Å². The molecule has 90 valence electrons. The Balaban J connectivity index is 1.77. The summed E-state index contributed by atoms with van der Waals surface area (Å²) >= 11 is 0. The van der Waals surface area contributed by atoms with Crippen LogP contribution in [0.25, 0.3) is 0 Å². The number of nitrogens with one attached hydrogen (secondary N) is 1. The van der Waals surface area contributed by atoms with Crippen LogP contribution in [0.1, 0.15) is 39.0 Å². The van der Waals surface area contributed by atoms with Crippen LogP contribution >= 0.6 is 0 Å². The molecule has 0 bridgehead atoms. The minimum absolute atomic E-state index is 0.00706. The third-order valence-corrected chi connectivity index (χ3v) is 3.46. The van der Waals surface area contributed by atoms with E-state index in [4.69, 9.17) is 4.74 Å². The predicted octanol–water partition coefficient (Wildman–Crippen LogP) is 1.04. The van der Waals surface area contributed by atoms with Crippen molar-refractivity contribution in [3.05, 3.63) is 0 Å². The van der Waals surface area contributed by atoms with Gasteiger partial charge >= 0.3 is 0 Å². The summed E-state index contributed by atoms with van der Waals surface area (Å²) in [5.74, 6) is 0.430. The molecule has 1 saturated heterocycles. The second-order valence-corrected chi connectivity index (χ2v) is 4.90. The predicted molar refractivity (Wildman–Crippen MR) is 58.9 cm³/mol. The maximum atomic E-state index is 11.9. The molecule has 2 atom stereocenters. The van der Waals surface area contributed by atoms with Crippen LogP contribution < -0.4 is 5.32 Å². The third-order valence-electron chi connectivity index (χ3n) is 3.46. The number of hydrogen-bond donors (Lipinski definition) is 1. The molecular formula is C12H19NO3. The average molecular weight is 225 g/mol. The van der Waals surface area contributed by atoms with Crippen LogP contribution in [0.4, 0.5) is 0 Å². The van der Waals surface area contributed by atoms with Crippen molar-refractivity contribution >= 4 is 11.7 Å². The zero-order chi connectivity index (χ0) is 11.5. The van der Waals surface area contributed by atoms with Crippen LogP contribution in [-0.2, 0) is 14.3 Å². The largest absolute Gasteiger partial charge is 0.378 e. The van der Waals surface area contributed by atoms with Crippen LogP contribution in [-0.4, -0.2) is 30.4 Å². The first-order valence-electron chi connectivity index (χ1n) is 6.09. The van der Waals surface area contributed by atoms with E-state index in [1.165, 1.54) is 0 Å². The quantitative estimate of drug-likeness (QED) is 0.764. The molecule has 0 aromatic rings. The highest BCUT2D eigenvalue weighted by Crippen LogP contribution is 2.21. The minimum Gasteiger partial charge on any atom is -0.378 e. The maximum absolute atomic E-state index is 11.9. The maximum Gasteiger partial charge on any atom is 0.225 e. The molecule has 0 radical (unpaired) electrons. The van der Waals surface area contributed by atoms with Crippen LogP contribution in [0.2, 0.25) is 0 Å². The van der Waals surface area contributed by atoms with Gasteiger partial charge in [-0.25, -0.2) is 0 Å². The third kappa shape index (κ3) is 2.82. The van der Waals surface area contributed by atoms with Gasteiger partial charge in [-0.1, -0.05) is 0 Å². The fraction of sp³-hybridized carbons (Fsp3) is 0.833. The Labute approximate surface area is 95.7 Å². The summed E-state index contributed by atoms with van der Waals surface area (Å²) in [6, 6.07) is 0.195. The first-order chi connectivity index (χ1) is 7.65. The van der Waals surface area contributed by atoms with Crippen LogP contribution in [0, 0.1) is 5.92 Å². The van der Waals surface area contributed by atoms with E-state index < -0.39 is 0 Å². The van der Waals surface area contributed by atoms with Crippen molar-refractivity contribution in [1.82, 2.24) is 5.32 Å². The molecule has 0 aromatic heterocycles. The van der Waals surface area contributed by atoms with Crippen LogP contribution in [0.3, 0.4) is 0 Å². The van der Waals surface area contributed by atoms with Crippen molar-refractivity contribution in [2.45, 2.75) is 51.2 Å². The van der Waals surface area contributed by atoms with Gasteiger partial charge in [-0.05, 0) is 26.2 Å². The summed E-state index contributed by atoms with van der Waals surface area (Å²) in [6.45, 7) is 2.53. The van der Waals surface area contributed by atoms with E-state index in [2.05, 4.69) is 5.32 Å². The minimum atomic E-state index is 0.00706. The number of ether oxygens (including phenoxy) is 1. The van der Waals surface area contributed by atoms with Crippen molar-refractivity contribution in [2.75, 3.05) is 6.61 Å². The summed E-state index contributed by atoms with van der Waals surface area (Å²) in [7, 11) is 0. The molecule has 2 unspecified atom stereocenters. The molecule has 16 heavy (non-hydrogen) atoms. The molecule has 0 aromatic carbocycles. The number of rotatable bonds is 2. The highest BCUT2D eigenvalue weighted by molar-refractivity contribution is 5.81. The van der Waals surface area contributed by atoms with Gasteiger partial charge in [0.25, 0.3) is 0 Å². The molecule has 0 spiro atoms. The Morgan fingerprint density at radius 2 is 2.06 bits per heavy atom. The SMILES string of the molecule is CC1CC(C(=O)NC2CCC(=O)CC2)CO1. The van der Waals surface area contributed by atoms with Crippen molar-refractivity contribution in [2.24, 2.45) is 5.92 Å². The lowest BCUT2D eigenvalue weighted by Gasteiger charge is -2.23. The summed E-state index contributed by atoms with van der Waals surface area (Å²) in [4.78, 5) is 22.9. The van der Waals surface area contributed by atoms with Crippen molar-refractivity contribution in [3.63, 3.8) is 0 Å². The number of Topliss-reactive ketones (excluding diaryl/α,β-unsaturated/α-hetero) is 1. The Hall–Kier alpha value is -0.900. The van der Waals surface area contributed by atoms with Crippen molar-refractivity contribution < 1.29 is 14.3 Å². The van der Waals surface area contributed by atoms with E-state index in [9.17, 15) is 9.59 Å². The van der Waals surface area contributed by atoms with E-state index in [-0.39, 0.29) is 24.0 Å². The summed E-state index contributed by atoms with van der Waals surface area (Å²) in [6.07, 6.45) is 3.84. The van der Waals surface area contributed by atoms with Crippen molar-refractivity contribution in [3.8, 4) is 0 Å². The molecule has 2 rings (SSSR count). The number of carbonyl (C=O) groups excluding carboxylic acids is 2. The summed E-state index contributed by atoms with van der Waals surface area (Å²) in [5.41, 5.74) is 0. The fourth-order valence-corrected chi connectivity index (χ4v) is 2.40. The Kier molecular flexibility index (Phi) is 3.59. The lowest BCUT2D eigenvalue weighted by Crippen LogP contribution is -2.41. The molecule has 4 nitrogen and oxygen atoms in total. The smallest absolute Gasteiger partial charge is 0.225 e. The van der Waals surface area contributed by atoms with E-state index in [0.717, 1.165) is 19.3 Å². The highest BCUT2D eigenvalue weighted by atomic mass is 16.5. The van der Waals surface area contributed by atoms with Crippen molar-refractivity contribution in [1.29, 1.82) is 0 Å². The molecule has 2 aliphatic rings. The van der Waals surface area contributed by atoms with E-state index in [1.54, 1.807) is 0 Å². The van der Waals surface area contributed by atoms with Gasteiger partial charge in [0.1, 0.15) is 5.78 Å². The number of carbonyl (C=O) groups is 2. The van der Waals surface area contributed by atoms with E-state index in [1.807, 2.05) is 6.92 Å². The van der Waals surface area contributed by atoms with E-state index in [0.29, 0.717) is 25.2 Å². The normalized spacial score (nSPS) is 31.7. The first kappa shape index (κ1) is 11.6. The van der Waals surface area contributed by atoms with Gasteiger partial charge < -0.3 is 10.1 Å². The van der Waals surface area contributed by atoms with Gasteiger partial charge in [-0.15, -0.1) is 0 Å². The zero-order valence-corrected chi connectivity index (χ0v) is 9.70. The molecule has 1 aliphatic carbocycles. The lowest BCUT2D eigenvalue weighted by molar-refractivity contribution is -0.127. The second-order valence-electron chi connectivity index (χ2n) is 4.90. The van der Waals surface area contributed by atoms with Gasteiger partial charge in [0.05, 0.1) is 18.6 Å². The molecule has 1 aliphatic heterocycles. The number of amides is 1. The number of ketones is 1. The van der Waals surface area contributed by atoms with Crippen LogP contribution in [0.5, 0.6) is 0 Å². The molecule has 1 saturated carbocycles. The average Bonchev–Trinajstić information content (AvgIpc) is 2.68. The van der Waals surface area contributed by atoms with Gasteiger partial charge in [-0.2, -0.15) is 0 Å². The Bertz CT molecular complexity index is 280. The Morgan fingerprint density at radius 1 is 1.38 bits per heavy atom. The molecule has 2 fully saturated rings. The molecule has 1 N–H and O–H groups in total. The summed E-state index contributed by atoms with van der Waals surface area (Å²) < 4.78 is 5.38. The zero-order valence-electron chi connectivity index (χ0n) is 9.70. The standard InChI is InChI=1S/C12H19NO3/c1-8-6-9(7-16-8)12(15)13-10-2-4-11(14)5-3-10/h8-10H,2-7H2,1H3,(H,13,15). The molecule has 1 heterocycles. The number of hydrogen-bond acceptors (Lipinski definition) is 3. The second kappa shape index (κ2) is 4.95. The summed E-state index contributed by atoms with van der Waals surface area (Å²) in [5, 5.41) is 3.03. The van der Waals surface area contributed by atoms with Gasteiger partial charge in [0, 0.05) is 18.9 Å². The van der Waals surface area contributed by atoms with E-state index >= 15 is 0 Å².